The largest absolute Gasteiger partial charge is 0.433 e. The molecule has 1 aliphatic rings. The van der Waals surface area contributed by atoms with E-state index in [0.29, 0.717) is 19.4 Å². The van der Waals surface area contributed by atoms with Crippen molar-refractivity contribution in [3.8, 4) is 17.6 Å². The van der Waals surface area contributed by atoms with Gasteiger partial charge in [0.15, 0.2) is 5.82 Å². The number of nitrogens with one attached hydrogen (secondary N) is 1. The van der Waals surface area contributed by atoms with E-state index in [1.54, 1.807) is 4.90 Å². The molecule has 0 bridgehead atoms. The van der Waals surface area contributed by atoms with Gasteiger partial charge in [0.1, 0.15) is 17.1 Å². The molecule has 1 unspecified atom stereocenters. The molecule has 0 saturated carbocycles. The molecule has 3 aromatic rings. The number of nitrogens with zero attached hydrogens (tertiary/aromatic N) is 7. The van der Waals surface area contributed by atoms with E-state index in [-0.39, 0.29) is 41.6 Å². The van der Waals surface area contributed by atoms with Gasteiger partial charge in [-0.3, -0.25) is 4.98 Å². The van der Waals surface area contributed by atoms with Crippen LogP contribution in [-0.2, 0) is 12.4 Å². The predicted octanol–water partition coefficient (Wildman–Crippen LogP) is 4.85. The molecule has 1 atom stereocenters. The van der Waals surface area contributed by atoms with Crippen LogP contribution in [-0.4, -0.2) is 38.0 Å². The summed E-state index contributed by atoms with van der Waals surface area (Å²) in [5.74, 6) is -0.668. The van der Waals surface area contributed by atoms with Gasteiger partial charge in [0.25, 0.3) is 0 Å². The summed E-state index contributed by atoms with van der Waals surface area (Å²) in [7, 11) is 0. The number of anilines is 3. The molecule has 35 heavy (non-hydrogen) atoms. The third-order valence-corrected chi connectivity index (χ3v) is 5.09. The van der Waals surface area contributed by atoms with Crippen molar-refractivity contribution in [3.63, 3.8) is 0 Å². The smallest absolute Gasteiger partial charge is 0.339 e. The second-order valence-electron chi connectivity index (χ2n) is 7.66. The Morgan fingerprint density at radius 1 is 0.971 bits per heavy atom. The van der Waals surface area contributed by atoms with Crippen molar-refractivity contribution in [2.75, 3.05) is 23.3 Å². The fraction of sp³-hybridized carbons (Fsp3) is 0.333. The van der Waals surface area contributed by atoms with Crippen molar-refractivity contribution >= 4 is 17.6 Å². The van der Waals surface area contributed by atoms with E-state index in [1.165, 1.54) is 12.1 Å². The van der Waals surface area contributed by atoms with Crippen LogP contribution < -0.4 is 10.2 Å². The number of hydrogen-bond acceptors (Lipinski definition) is 8. The summed E-state index contributed by atoms with van der Waals surface area (Å²) >= 11 is 0. The summed E-state index contributed by atoms with van der Waals surface area (Å²) in [6, 6.07) is 7.39. The van der Waals surface area contributed by atoms with Crippen molar-refractivity contribution in [2.45, 2.75) is 25.2 Å². The Labute approximate surface area is 194 Å². The van der Waals surface area contributed by atoms with Crippen LogP contribution in [0.4, 0.5) is 43.9 Å². The first kappa shape index (κ1) is 24.1. The van der Waals surface area contributed by atoms with Crippen LogP contribution in [0.1, 0.15) is 24.2 Å². The lowest BCUT2D eigenvalue weighted by Gasteiger charge is -2.29. The Kier molecular flexibility index (Phi) is 6.42. The number of piperidine rings is 1. The van der Waals surface area contributed by atoms with Crippen molar-refractivity contribution in [1.82, 2.24) is 24.9 Å². The molecule has 4 rings (SSSR count). The lowest BCUT2D eigenvalue weighted by atomic mass is 10.0. The summed E-state index contributed by atoms with van der Waals surface area (Å²) in [5.41, 5.74) is -2.55. The molecular weight excluding hydrogens is 478 g/mol. The predicted molar refractivity (Wildman–Crippen MR) is 111 cm³/mol. The molecule has 1 aliphatic heterocycles. The number of nitriles is 1. The first-order valence-corrected chi connectivity index (χ1v) is 10.3. The second-order valence-corrected chi connectivity index (χ2v) is 7.66. The van der Waals surface area contributed by atoms with Crippen LogP contribution >= 0.6 is 0 Å². The van der Waals surface area contributed by atoms with E-state index in [2.05, 4.69) is 36.3 Å². The van der Waals surface area contributed by atoms with Crippen LogP contribution in [0.25, 0.3) is 11.5 Å². The minimum absolute atomic E-state index is 0.0408. The Hall–Kier alpha value is -4.02. The normalized spacial score (nSPS) is 16.6. The van der Waals surface area contributed by atoms with E-state index >= 15 is 0 Å². The molecule has 0 spiro atoms. The van der Waals surface area contributed by atoms with Crippen LogP contribution in [0.3, 0.4) is 0 Å². The summed E-state index contributed by atoms with van der Waals surface area (Å²) in [6.07, 6.45) is -7.11. The van der Waals surface area contributed by atoms with Crippen LogP contribution in [0.2, 0.25) is 0 Å². The van der Waals surface area contributed by atoms with Gasteiger partial charge < -0.3 is 10.2 Å². The van der Waals surface area contributed by atoms with Gasteiger partial charge in [-0.25, -0.2) is 4.98 Å². The highest BCUT2D eigenvalue weighted by atomic mass is 19.4. The van der Waals surface area contributed by atoms with E-state index in [9.17, 15) is 31.6 Å². The highest BCUT2D eigenvalue weighted by Gasteiger charge is 2.34. The number of alkyl halides is 6. The molecule has 0 amide bonds. The SMILES string of the molecule is N#CC1CCCN(c2nc(Nc3ccnc(C(F)(F)F)c3)nc(-c3cccc(C(F)(F)F)n3)n2)C1. The molecule has 0 aromatic carbocycles. The van der Waals surface area contributed by atoms with Crippen LogP contribution in [0.15, 0.2) is 36.5 Å². The highest BCUT2D eigenvalue weighted by Crippen LogP contribution is 2.31. The van der Waals surface area contributed by atoms with Crippen molar-refractivity contribution in [2.24, 2.45) is 5.92 Å². The molecule has 1 saturated heterocycles. The molecular formula is C21H16F6N8. The first-order chi connectivity index (χ1) is 16.5. The number of halogens is 6. The lowest BCUT2D eigenvalue weighted by Crippen LogP contribution is -2.36. The minimum atomic E-state index is -4.70. The maximum atomic E-state index is 13.2. The minimum Gasteiger partial charge on any atom is -0.339 e. The Morgan fingerprint density at radius 3 is 2.46 bits per heavy atom. The molecule has 0 aliphatic carbocycles. The molecule has 0 radical (unpaired) electrons. The Balaban J connectivity index is 1.76. The summed E-state index contributed by atoms with van der Waals surface area (Å²) in [5, 5.41) is 11.9. The summed E-state index contributed by atoms with van der Waals surface area (Å²) < 4.78 is 78.6. The zero-order valence-electron chi connectivity index (χ0n) is 17.8. The number of aromatic nitrogens is 5. The maximum absolute atomic E-state index is 13.2. The van der Waals surface area contributed by atoms with Crippen LogP contribution in [0.5, 0.6) is 0 Å². The number of pyridine rings is 2. The number of hydrogen-bond donors (Lipinski definition) is 1. The van der Waals surface area contributed by atoms with Crippen molar-refractivity contribution in [1.29, 1.82) is 5.26 Å². The molecule has 1 N–H and O–H groups in total. The fourth-order valence-electron chi connectivity index (χ4n) is 3.45. The fourth-order valence-corrected chi connectivity index (χ4v) is 3.45. The van der Waals surface area contributed by atoms with E-state index < -0.39 is 23.7 Å². The van der Waals surface area contributed by atoms with Crippen LogP contribution in [0, 0.1) is 17.2 Å². The average Bonchev–Trinajstić information content (AvgIpc) is 2.83. The molecule has 1 fully saturated rings. The van der Waals surface area contributed by atoms with E-state index in [0.717, 1.165) is 24.4 Å². The average molecular weight is 494 g/mol. The Bertz CT molecular complexity index is 1250. The monoisotopic (exact) mass is 494 g/mol. The molecule has 4 heterocycles. The van der Waals surface area contributed by atoms with Gasteiger partial charge in [0.05, 0.1) is 12.0 Å². The van der Waals surface area contributed by atoms with Crippen molar-refractivity contribution in [3.05, 3.63) is 47.9 Å². The van der Waals surface area contributed by atoms with Crippen molar-refractivity contribution < 1.29 is 26.3 Å². The molecule has 8 nitrogen and oxygen atoms in total. The van der Waals surface area contributed by atoms with Gasteiger partial charge in [-0.05, 0) is 37.1 Å². The number of rotatable bonds is 4. The van der Waals surface area contributed by atoms with Gasteiger partial charge in [-0.15, -0.1) is 0 Å². The third-order valence-electron chi connectivity index (χ3n) is 5.09. The Morgan fingerprint density at radius 2 is 1.74 bits per heavy atom. The molecule has 14 heteroatoms. The van der Waals surface area contributed by atoms with Gasteiger partial charge in [0.2, 0.25) is 11.9 Å². The molecule has 3 aromatic heterocycles. The summed E-state index contributed by atoms with van der Waals surface area (Å²) in [4.78, 5) is 21.1. The van der Waals surface area contributed by atoms with E-state index in [4.69, 9.17) is 0 Å². The topological polar surface area (TPSA) is 104 Å². The quantitative estimate of drug-likeness (QED) is 0.514. The second kappa shape index (κ2) is 9.32. The van der Waals surface area contributed by atoms with Gasteiger partial charge >= 0.3 is 12.4 Å². The first-order valence-electron chi connectivity index (χ1n) is 10.3. The van der Waals surface area contributed by atoms with Gasteiger partial charge in [-0.2, -0.15) is 46.6 Å². The summed E-state index contributed by atoms with van der Waals surface area (Å²) in [6.45, 7) is 0.757. The lowest BCUT2D eigenvalue weighted by molar-refractivity contribution is -0.141. The maximum Gasteiger partial charge on any atom is 0.433 e. The third kappa shape index (κ3) is 5.73. The highest BCUT2D eigenvalue weighted by molar-refractivity contribution is 5.59. The van der Waals surface area contributed by atoms with E-state index in [1.807, 2.05) is 0 Å². The molecule has 182 valence electrons. The zero-order chi connectivity index (χ0) is 25.2. The zero-order valence-corrected chi connectivity index (χ0v) is 17.8. The van der Waals surface area contributed by atoms with Gasteiger partial charge in [-0.1, -0.05) is 6.07 Å². The standard InChI is InChI=1S/C21H16F6N8/c22-20(23,24)15-5-1-4-14(31-15)17-32-18(30-13-6-7-29-16(9-13)21(25,26)27)34-19(33-17)35-8-2-3-12(10-28)11-35/h1,4-7,9,12H,2-3,8,11H2,(H,29,30,32,33,34). The van der Waals surface area contributed by atoms with Gasteiger partial charge in [0, 0.05) is 25.0 Å².